The quantitative estimate of drug-likeness (QED) is 0.679. The first kappa shape index (κ1) is 13.5. The second-order valence-corrected chi connectivity index (χ2v) is 3.36. The number of hydrogen-bond donors (Lipinski definition) is 0. The van der Waals surface area contributed by atoms with Gasteiger partial charge in [-0.1, -0.05) is 0 Å². The lowest BCUT2D eigenvalue weighted by Crippen LogP contribution is -2.48. The molecule has 1 heterocycles. The Morgan fingerprint density at radius 1 is 1.43 bits per heavy atom. The van der Waals surface area contributed by atoms with Crippen LogP contribution in [0.1, 0.15) is 20.8 Å². The van der Waals surface area contributed by atoms with Crippen molar-refractivity contribution < 1.29 is 14.3 Å². The summed E-state index contributed by atoms with van der Waals surface area (Å²) in [6.07, 6.45) is -0.0224. The molecule has 1 amide bonds. The van der Waals surface area contributed by atoms with E-state index in [1.807, 2.05) is 20.8 Å². The van der Waals surface area contributed by atoms with E-state index in [1.165, 1.54) is 0 Å². The number of nitrogens with zero attached hydrogens (tertiary/aromatic N) is 1. The highest BCUT2D eigenvalue weighted by molar-refractivity contribution is 5.85. The minimum Gasteiger partial charge on any atom is -0.450 e. The molecule has 0 N–H and O–H groups in total. The van der Waals surface area contributed by atoms with Crippen molar-refractivity contribution in [1.82, 2.24) is 4.90 Å². The molecular weight excluding hydrogens is 206 g/mol. The Morgan fingerprint density at radius 2 is 1.93 bits per heavy atom. The third kappa shape index (κ3) is 3.72. The highest BCUT2D eigenvalue weighted by Crippen LogP contribution is 2.11. The van der Waals surface area contributed by atoms with Gasteiger partial charge in [-0.15, -0.1) is 12.4 Å². The number of amides is 1. The Kier molecular flexibility index (Phi) is 5.88. The van der Waals surface area contributed by atoms with Gasteiger partial charge in [-0.3, -0.25) is 0 Å². The van der Waals surface area contributed by atoms with Crippen LogP contribution in [-0.2, 0) is 9.47 Å². The van der Waals surface area contributed by atoms with Crippen molar-refractivity contribution in [2.45, 2.75) is 33.0 Å². The Morgan fingerprint density at radius 3 is 2.36 bits per heavy atom. The van der Waals surface area contributed by atoms with Gasteiger partial charge in [0.2, 0.25) is 0 Å². The fourth-order valence-corrected chi connectivity index (χ4v) is 1.54. The second-order valence-electron chi connectivity index (χ2n) is 3.36. The number of halogens is 1. The Balaban J connectivity index is 0.00000169. The number of rotatable bonds is 1. The van der Waals surface area contributed by atoms with E-state index in [-0.39, 0.29) is 30.7 Å². The van der Waals surface area contributed by atoms with Gasteiger partial charge < -0.3 is 14.4 Å². The maximum Gasteiger partial charge on any atom is 0.409 e. The molecule has 0 aromatic rings. The first-order valence-electron chi connectivity index (χ1n) is 4.70. The lowest BCUT2D eigenvalue weighted by molar-refractivity contribution is -0.0634. The zero-order chi connectivity index (χ0) is 9.84. The van der Waals surface area contributed by atoms with Gasteiger partial charge in [0.15, 0.2) is 0 Å². The van der Waals surface area contributed by atoms with Gasteiger partial charge in [0.1, 0.15) is 0 Å². The molecule has 0 spiro atoms. The van der Waals surface area contributed by atoms with E-state index in [2.05, 4.69) is 0 Å². The molecule has 1 rings (SSSR count). The molecule has 1 saturated heterocycles. The van der Waals surface area contributed by atoms with Crippen LogP contribution >= 0.6 is 12.4 Å². The van der Waals surface area contributed by atoms with Crippen molar-refractivity contribution in [3.8, 4) is 0 Å². The predicted octanol–water partition coefficient (Wildman–Crippen LogP) is 1.67. The molecule has 2 atom stereocenters. The molecule has 0 bridgehead atoms. The van der Waals surface area contributed by atoms with Crippen LogP contribution in [0.15, 0.2) is 0 Å². The molecule has 14 heavy (non-hydrogen) atoms. The van der Waals surface area contributed by atoms with Gasteiger partial charge in [0, 0.05) is 0 Å². The number of carbonyl (C=O) groups excluding carboxylic acids is 1. The monoisotopic (exact) mass is 223 g/mol. The smallest absolute Gasteiger partial charge is 0.409 e. The third-order valence-electron chi connectivity index (χ3n) is 1.95. The molecule has 0 aromatic carbocycles. The molecule has 0 saturated carbocycles. The standard InChI is InChI=1S/C9H17NO3.ClH/c1-4-12-9(11)10-5-7(2)13-8(3)6-10;/h7-8H,4-6H2,1-3H3;1H/t7-,8+;. The van der Waals surface area contributed by atoms with Crippen LogP contribution in [0.5, 0.6) is 0 Å². The maximum absolute atomic E-state index is 11.3. The van der Waals surface area contributed by atoms with Gasteiger partial charge in [0.05, 0.1) is 31.9 Å². The molecule has 84 valence electrons. The lowest BCUT2D eigenvalue weighted by atomic mass is 10.2. The summed E-state index contributed by atoms with van der Waals surface area (Å²) >= 11 is 0. The minimum absolute atomic E-state index is 0. The van der Waals surface area contributed by atoms with Crippen LogP contribution in [0.25, 0.3) is 0 Å². The van der Waals surface area contributed by atoms with Gasteiger partial charge >= 0.3 is 6.09 Å². The molecule has 5 heteroatoms. The Hall–Kier alpha value is -0.480. The predicted molar refractivity (Wildman–Crippen MR) is 55.9 cm³/mol. The molecule has 4 nitrogen and oxygen atoms in total. The van der Waals surface area contributed by atoms with E-state index in [4.69, 9.17) is 9.47 Å². The highest BCUT2D eigenvalue weighted by atomic mass is 35.5. The number of morpholine rings is 1. The first-order chi connectivity index (χ1) is 6.13. The van der Waals surface area contributed by atoms with Crippen LogP contribution in [0.3, 0.4) is 0 Å². The molecule has 0 aliphatic carbocycles. The molecule has 1 aliphatic rings. The summed E-state index contributed by atoms with van der Waals surface area (Å²) < 4.78 is 10.4. The Bertz CT molecular complexity index is 179. The topological polar surface area (TPSA) is 38.8 Å². The molecule has 1 fully saturated rings. The van der Waals surface area contributed by atoms with Crippen molar-refractivity contribution >= 4 is 18.5 Å². The van der Waals surface area contributed by atoms with Crippen molar-refractivity contribution in [2.75, 3.05) is 19.7 Å². The fraction of sp³-hybridized carbons (Fsp3) is 0.889. The molecule has 0 radical (unpaired) electrons. The van der Waals surface area contributed by atoms with Crippen LogP contribution in [0.2, 0.25) is 0 Å². The van der Waals surface area contributed by atoms with Crippen LogP contribution in [0.4, 0.5) is 4.79 Å². The van der Waals surface area contributed by atoms with Crippen molar-refractivity contribution in [1.29, 1.82) is 0 Å². The summed E-state index contributed by atoms with van der Waals surface area (Å²) in [7, 11) is 0. The summed E-state index contributed by atoms with van der Waals surface area (Å²) in [4.78, 5) is 13.0. The SMILES string of the molecule is CCOC(=O)N1C[C@@H](C)O[C@@H](C)C1.Cl. The van der Waals surface area contributed by atoms with Crippen LogP contribution in [-0.4, -0.2) is 42.9 Å². The van der Waals surface area contributed by atoms with E-state index < -0.39 is 0 Å². The number of hydrogen-bond acceptors (Lipinski definition) is 3. The maximum atomic E-state index is 11.3. The third-order valence-corrected chi connectivity index (χ3v) is 1.95. The van der Waals surface area contributed by atoms with E-state index in [9.17, 15) is 4.79 Å². The van der Waals surface area contributed by atoms with E-state index >= 15 is 0 Å². The van der Waals surface area contributed by atoms with E-state index in [0.29, 0.717) is 19.7 Å². The van der Waals surface area contributed by atoms with Crippen molar-refractivity contribution in [3.05, 3.63) is 0 Å². The van der Waals surface area contributed by atoms with Gasteiger partial charge in [0.25, 0.3) is 0 Å². The zero-order valence-electron chi connectivity index (χ0n) is 8.86. The second kappa shape index (κ2) is 6.09. The normalized spacial score (nSPS) is 26.6. The zero-order valence-corrected chi connectivity index (χ0v) is 9.67. The van der Waals surface area contributed by atoms with Gasteiger partial charge in [-0.2, -0.15) is 0 Å². The number of carbonyl (C=O) groups is 1. The van der Waals surface area contributed by atoms with Crippen LogP contribution < -0.4 is 0 Å². The van der Waals surface area contributed by atoms with E-state index in [1.54, 1.807) is 4.90 Å². The molecular formula is C9H18ClNO3. The van der Waals surface area contributed by atoms with Crippen LogP contribution in [0, 0.1) is 0 Å². The average Bonchev–Trinajstić information content (AvgIpc) is 2.03. The molecule has 1 aliphatic heterocycles. The van der Waals surface area contributed by atoms with Crippen molar-refractivity contribution in [3.63, 3.8) is 0 Å². The average molecular weight is 224 g/mol. The molecule has 0 aromatic heterocycles. The summed E-state index contributed by atoms with van der Waals surface area (Å²) in [5.74, 6) is 0. The summed E-state index contributed by atoms with van der Waals surface area (Å²) in [5, 5.41) is 0. The van der Waals surface area contributed by atoms with Gasteiger partial charge in [-0.05, 0) is 20.8 Å². The van der Waals surface area contributed by atoms with E-state index in [0.717, 1.165) is 0 Å². The first-order valence-corrected chi connectivity index (χ1v) is 4.70. The summed E-state index contributed by atoms with van der Waals surface area (Å²) in [5.41, 5.74) is 0. The minimum atomic E-state index is -0.232. The molecule has 0 unspecified atom stereocenters. The summed E-state index contributed by atoms with van der Waals surface area (Å²) in [6, 6.07) is 0. The highest BCUT2D eigenvalue weighted by Gasteiger charge is 2.26. The number of ether oxygens (including phenoxy) is 2. The van der Waals surface area contributed by atoms with Gasteiger partial charge in [-0.25, -0.2) is 4.79 Å². The lowest BCUT2D eigenvalue weighted by Gasteiger charge is -2.34. The largest absolute Gasteiger partial charge is 0.450 e. The summed E-state index contributed by atoms with van der Waals surface area (Å²) in [6.45, 7) is 7.42. The Labute approximate surface area is 91.0 Å². The van der Waals surface area contributed by atoms with Crippen molar-refractivity contribution in [2.24, 2.45) is 0 Å². The fourth-order valence-electron chi connectivity index (χ4n) is 1.54.